The molecule has 4 heteroatoms. The van der Waals surface area contributed by atoms with Crippen molar-refractivity contribution in [2.45, 2.75) is 37.8 Å². The van der Waals surface area contributed by atoms with Crippen LogP contribution in [0.3, 0.4) is 0 Å². The third kappa shape index (κ3) is 2.17. The van der Waals surface area contributed by atoms with Gasteiger partial charge in [0.05, 0.1) is 17.6 Å². The van der Waals surface area contributed by atoms with Gasteiger partial charge in [0.1, 0.15) is 0 Å². The van der Waals surface area contributed by atoms with Crippen molar-refractivity contribution in [3.8, 4) is 0 Å². The van der Waals surface area contributed by atoms with Crippen LogP contribution in [-0.2, 0) is 0 Å². The van der Waals surface area contributed by atoms with Gasteiger partial charge < -0.3 is 16.0 Å². The summed E-state index contributed by atoms with van der Waals surface area (Å²) in [5, 5.41) is 3.48. The number of nitrogens with one attached hydrogen (secondary N) is 1. The van der Waals surface area contributed by atoms with Gasteiger partial charge >= 0.3 is 0 Å². The second-order valence-electron chi connectivity index (χ2n) is 5.73. The third-order valence-corrected chi connectivity index (χ3v) is 4.63. The lowest BCUT2D eigenvalue weighted by molar-refractivity contribution is 0.139. The molecule has 0 aromatic carbocycles. The summed E-state index contributed by atoms with van der Waals surface area (Å²) in [6.45, 7) is 1.04. The van der Waals surface area contributed by atoms with Gasteiger partial charge in [-0.3, -0.25) is 4.98 Å². The van der Waals surface area contributed by atoms with E-state index in [9.17, 15) is 0 Å². The van der Waals surface area contributed by atoms with Crippen molar-refractivity contribution in [1.82, 2.24) is 9.88 Å². The van der Waals surface area contributed by atoms with Crippen LogP contribution in [0.4, 0.5) is 11.4 Å². The van der Waals surface area contributed by atoms with E-state index < -0.39 is 0 Å². The third-order valence-electron chi connectivity index (χ3n) is 4.63. The number of piperidine rings is 1. The van der Waals surface area contributed by atoms with Crippen LogP contribution in [0.5, 0.6) is 0 Å². The van der Waals surface area contributed by atoms with Crippen molar-refractivity contribution in [3.63, 3.8) is 0 Å². The molecule has 0 aliphatic carbocycles. The van der Waals surface area contributed by atoms with Crippen molar-refractivity contribution in [2.24, 2.45) is 5.92 Å². The first-order valence-corrected chi connectivity index (χ1v) is 6.89. The van der Waals surface area contributed by atoms with Gasteiger partial charge in [-0.05, 0) is 44.7 Å². The smallest absolute Gasteiger partial charge is 0.0736 e. The first-order chi connectivity index (χ1) is 8.74. The van der Waals surface area contributed by atoms with Crippen molar-refractivity contribution >= 4 is 11.4 Å². The number of nitrogens with zero attached hydrogens (tertiary/aromatic N) is 2. The molecule has 0 spiro atoms. The SMILES string of the molecule is CN1C2CCC1CC(CNc1ccncc1N)C2. The number of hydrogen-bond donors (Lipinski definition) is 2. The predicted molar refractivity (Wildman–Crippen MR) is 74.4 cm³/mol. The number of nitrogens with two attached hydrogens (primary N) is 1. The molecule has 3 rings (SSSR count). The lowest BCUT2D eigenvalue weighted by atomic mass is 9.91. The highest BCUT2D eigenvalue weighted by atomic mass is 15.2. The van der Waals surface area contributed by atoms with Gasteiger partial charge in [-0.2, -0.15) is 0 Å². The Kier molecular flexibility index (Phi) is 3.12. The average molecular weight is 246 g/mol. The van der Waals surface area contributed by atoms with Gasteiger partial charge in [-0.15, -0.1) is 0 Å². The maximum absolute atomic E-state index is 5.89. The standard InChI is InChI=1S/C14H22N4/c1-18-11-2-3-12(18)7-10(6-11)8-17-14-4-5-16-9-13(14)15/h4-5,9-12H,2-3,6-8,15H2,1H3,(H,16,17). The van der Waals surface area contributed by atoms with E-state index in [0.29, 0.717) is 0 Å². The van der Waals surface area contributed by atoms with Crippen molar-refractivity contribution in [2.75, 3.05) is 24.6 Å². The second kappa shape index (κ2) is 4.76. The zero-order valence-electron chi connectivity index (χ0n) is 11.0. The van der Waals surface area contributed by atoms with E-state index in [0.717, 1.165) is 35.9 Å². The molecule has 0 radical (unpaired) electrons. The second-order valence-corrected chi connectivity index (χ2v) is 5.73. The molecule has 2 aliphatic rings. The van der Waals surface area contributed by atoms with E-state index in [4.69, 9.17) is 5.73 Å². The van der Waals surface area contributed by atoms with Gasteiger partial charge in [0, 0.05) is 24.8 Å². The first kappa shape index (κ1) is 11.8. The minimum Gasteiger partial charge on any atom is -0.396 e. The summed E-state index contributed by atoms with van der Waals surface area (Å²) in [5.74, 6) is 0.784. The summed E-state index contributed by atoms with van der Waals surface area (Å²) in [5.41, 5.74) is 7.66. The minimum absolute atomic E-state index is 0.744. The summed E-state index contributed by atoms with van der Waals surface area (Å²) >= 11 is 0. The van der Waals surface area contributed by atoms with Crippen molar-refractivity contribution < 1.29 is 0 Å². The molecule has 0 amide bonds. The fourth-order valence-corrected chi connectivity index (χ4v) is 3.51. The highest BCUT2D eigenvalue weighted by Crippen LogP contribution is 2.37. The number of pyridine rings is 1. The molecule has 4 nitrogen and oxygen atoms in total. The predicted octanol–water partition coefficient (Wildman–Crippen LogP) is 1.95. The van der Waals surface area contributed by atoms with E-state index in [1.165, 1.54) is 25.7 Å². The molecule has 1 aromatic heterocycles. The van der Waals surface area contributed by atoms with E-state index in [-0.39, 0.29) is 0 Å². The van der Waals surface area contributed by atoms with Crippen LogP contribution in [0.1, 0.15) is 25.7 Å². The number of nitrogen functional groups attached to an aromatic ring is 1. The number of hydrogen-bond acceptors (Lipinski definition) is 4. The molecule has 2 fully saturated rings. The molecule has 2 bridgehead atoms. The maximum Gasteiger partial charge on any atom is 0.0736 e. The number of anilines is 2. The van der Waals surface area contributed by atoms with Crippen LogP contribution < -0.4 is 11.1 Å². The van der Waals surface area contributed by atoms with Crippen LogP contribution in [-0.4, -0.2) is 35.6 Å². The van der Waals surface area contributed by atoms with E-state index in [2.05, 4.69) is 22.2 Å². The monoisotopic (exact) mass is 246 g/mol. The Bertz CT molecular complexity index is 406. The van der Waals surface area contributed by atoms with Crippen molar-refractivity contribution in [1.29, 1.82) is 0 Å². The van der Waals surface area contributed by atoms with E-state index in [1.54, 1.807) is 12.4 Å². The molecule has 2 saturated heterocycles. The number of aromatic nitrogens is 1. The minimum atomic E-state index is 0.744. The Morgan fingerprint density at radius 2 is 2.11 bits per heavy atom. The Labute approximate surface area is 109 Å². The quantitative estimate of drug-likeness (QED) is 0.856. The lowest BCUT2D eigenvalue weighted by Gasteiger charge is -2.36. The molecule has 18 heavy (non-hydrogen) atoms. The van der Waals surface area contributed by atoms with Crippen molar-refractivity contribution in [3.05, 3.63) is 18.5 Å². The summed E-state index contributed by atoms with van der Waals surface area (Å²) in [7, 11) is 2.28. The molecule has 0 saturated carbocycles. The highest BCUT2D eigenvalue weighted by Gasteiger charge is 2.38. The van der Waals surface area contributed by atoms with Crippen LogP contribution in [0.25, 0.3) is 0 Å². The van der Waals surface area contributed by atoms with Crippen LogP contribution in [0, 0.1) is 5.92 Å². The molecule has 1 aromatic rings. The van der Waals surface area contributed by atoms with Gasteiger partial charge in [0.2, 0.25) is 0 Å². The molecular weight excluding hydrogens is 224 g/mol. The maximum atomic E-state index is 5.89. The fraction of sp³-hybridized carbons (Fsp3) is 0.643. The summed E-state index contributed by atoms with van der Waals surface area (Å²) in [6.07, 6.45) is 8.91. The molecule has 2 unspecified atom stereocenters. The van der Waals surface area contributed by atoms with E-state index >= 15 is 0 Å². The first-order valence-electron chi connectivity index (χ1n) is 6.89. The number of rotatable bonds is 3. The normalized spacial score (nSPS) is 31.5. The van der Waals surface area contributed by atoms with Crippen LogP contribution in [0.2, 0.25) is 0 Å². The fourth-order valence-electron chi connectivity index (χ4n) is 3.51. The van der Waals surface area contributed by atoms with E-state index in [1.807, 2.05) is 6.07 Å². The lowest BCUT2D eigenvalue weighted by Crippen LogP contribution is -2.41. The zero-order valence-corrected chi connectivity index (χ0v) is 11.0. The summed E-state index contributed by atoms with van der Waals surface area (Å²) < 4.78 is 0. The summed E-state index contributed by atoms with van der Waals surface area (Å²) in [6, 6.07) is 3.58. The molecular formula is C14H22N4. The molecule has 2 atom stereocenters. The molecule has 98 valence electrons. The Morgan fingerprint density at radius 1 is 1.39 bits per heavy atom. The van der Waals surface area contributed by atoms with Crippen LogP contribution in [0.15, 0.2) is 18.5 Å². The zero-order chi connectivity index (χ0) is 12.5. The molecule has 3 heterocycles. The highest BCUT2D eigenvalue weighted by molar-refractivity contribution is 5.64. The molecule has 2 aliphatic heterocycles. The Balaban J connectivity index is 1.57. The van der Waals surface area contributed by atoms with Crippen LogP contribution >= 0.6 is 0 Å². The van der Waals surface area contributed by atoms with Gasteiger partial charge in [0.15, 0.2) is 0 Å². The summed E-state index contributed by atoms with van der Waals surface area (Å²) in [4.78, 5) is 6.59. The average Bonchev–Trinajstić information content (AvgIpc) is 2.62. The number of fused-ring (bicyclic) bond motifs is 2. The topological polar surface area (TPSA) is 54.2 Å². The van der Waals surface area contributed by atoms with Gasteiger partial charge in [0.25, 0.3) is 0 Å². The van der Waals surface area contributed by atoms with Gasteiger partial charge in [-0.25, -0.2) is 0 Å². The Hall–Kier alpha value is -1.29. The van der Waals surface area contributed by atoms with Gasteiger partial charge in [-0.1, -0.05) is 0 Å². The Morgan fingerprint density at radius 3 is 2.78 bits per heavy atom. The largest absolute Gasteiger partial charge is 0.396 e. The molecule has 3 N–H and O–H groups in total.